The number of aliphatic hydroxyl groups excluding tert-OH is 2. The maximum Gasteiger partial charge on any atom is 0.479 e. The Morgan fingerprint density at radius 3 is 1.85 bits per heavy atom. The minimum atomic E-state index is -3.83. The lowest BCUT2D eigenvalue weighted by Crippen LogP contribution is -2.13. The quantitative estimate of drug-likeness (QED) is 0.503. The SMILES string of the molecule is CCOP(=O)(OC(C)O)OC(C)O. The highest BCUT2D eigenvalue weighted by Gasteiger charge is 2.30. The van der Waals surface area contributed by atoms with Crippen LogP contribution in [0.5, 0.6) is 0 Å². The summed E-state index contributed by atoms with van der Waals surface area (Å²) in [5.74, 6) is 0. The highest BCUT2D eigenvalue weighted by molar-refractivity contribution is 7.48. The molecule has 0 aromatic heterocycles. The summed E-state index contributed by atoms with van der Waals surface area (Å²) in [5.41, 5.74) is 0. The van der Waals surface area contributed by atoms with Gasteiger partial charge in [0.2, 0.25) is 0 Å². The van der Waals surface area contributed by atoms with Gasteiger partial charge in [-0.3, -0.25) is 13.6 Å². The highest BCUT2D eigenvalue weighted by Crippen LogP contribution is 2.50. The van der Waals surface area contributed by atoms with E-state index < -0.39 is 20.4 Å². The van der Waals surface area contributed by atoms with E-state index in [4.69, 9.17) is 10.2 Å². The van der Waals surface area contributed by atoms with Gasteiger partial charge in [-0.2, -0.15) is 0 Å². The van der Waals surface area contributed by atoms with Crippen LogP contribution >= 0.6 is 7.82 Å². The van der Waals surface area contributed by atoms with Crippen LogP contribution in [0.15, 0.2) is 0 Å². The molecule has 13 heavy (non-hydrogen) atoms. The van der Waals surface area contributed by atoms with Crippen LogP contribution in [-0.4, -0.2) is 29.4 Å². The fourth-order valence-electron chi connectivity index (χ4n) is 0.617. The van der Waals surface area contributed by atoms with Crippen LogP contribution in [0.4, 0.5) is 0 Å². The molecule has 0 bridgehead atoms. The van der Waals surface area contributed by atoms with E-state index >= 15 is 0 Å². The Bertz CT molecular complexity index is 166. The zero-order valence-electron chi connectivity index (χ0n) is 7.84. The zero-order chi connectivity index (χ0) is 10.5. The Balaban J connectivity index is 4.25. The first kappa shape index (κ1) is 13.0. The smallest absolute Gasteiger partial charge is 0.368 e. The lowest BCUT2D eigenvalue weighted by Gasteiger charge is -2.19. The van der Waals surface area contributed by atoms with E-state index in [0.717, 1.165) is 0 Å². The van der Waals surface area contributed by atoms with E-state index in [2.05, 4.69) is 13.6 Å². The van der Waals surface area contributed by atoms with E-state index in [9.17, 15) is 4.57 Å². The fourth-order valence-corrected chi connectivity index (χ4v) is 1.85. The van der Waals surface area contributed by atoms with Crippen molar-refractivity contribution in [3.63, 3.8) is 0 Å². The molecule has 0 aliphatic rings. The third-order valence-electron chi connectivity index (χ3n) is 0.851. The van der Waals surface area contributed by atoms with Gasteiger partial charge in [-0.15, -0.1) is 0 Å². The van der Waals surface area contributed by atoms with E-state index in [-0.39, 0.29) is 6.61 Å². The lowest BCUT2D eigenvalue weighted by molar-refractivity contribution is -0.0746. The second kappa shape index (κ2) is 5.70. The van der Waals surface area contributed by atoms with Gasteiger partial charge in [0, 0.05) is 0 Å². The van der Waals surface area contributed by atoms with Crippen molar-refractivity contribution in [1.82, 2.24) is 0 Å². The van der Waals surface area contributed by atoms with Gasteiger partial charge in [-0.05, 0) is 20.8 Å². The second-order valence-corrected chi connectivity index (χ2v) is 3.85. The maximum absolute atomic E-state index is 11.4. The summed E-state index contributed by atoms with van der Waals surface area (Å²) in [6.07, 6.45) is -2.56. The molecule has 0 heterocycles. The topological polar surface area (TPSA) is 85.2 Å². The molecule has 2 atom stereocenters. The number of phosphoric acid groups is 1. The first-order valence-electron chi connectivity index (χ1n) is 3.87. The van der Waals surface area contributed by atoms with Gasteiger partial charge in [0.1, 0.15) is 0 Å². The van der Waals surface area contributed by atoms with Gasteiger partial charge in [0.15, 0.2) is 12.6 Å². The van der Waals surface area contributed by atoms with Crippen molar-refractivity contribution in [3.8, 4) is 0 Å². The minimum Gasteiger partial charge on any atom is -0.368 e. The third-order valence-corrected chi connectivity index (χ3v) is 2.55. The molecule has 2 unspecified atom stereocenters. The molecular weight excluding hydrogens is 199 g/mol. The van der Waals surface area contributed by atoms with Crippen molar-refractivity contribution in [2.24, 2.45) is 0 Å². The van der Waals surface area contributed by atoms with Crippen LogP contribution in [0, 0.1) is 0 Å². The van der Waals surface area contributed by atoms with Crippen molar-refractivity contribution in [2.45, 2.75) is 33.4 Å². The van der Waals surface area contributed by atoms with E-state index in [0.29, 0.717) is 0 Å². The first-order valence-corrected chi connectivity index (χ1v) is 5.33. The summed E-state index contributed by atoms with van der Waals surface area (Å²) in [4.78, 5) is 0. The Morgan fingerprint density at radius 2 is 1.62 bits per heavy atom. The molecule has 0 aliphatic carbocycles. The molecule has 0 aliphatic heterocycles. The van der Waals surface area contributed by atoms with Crippen molar-refractivity contribution in [2.75, 3.05) is 6.61 Å². The molecule has 80 valence electrons. The monoisotopic (exact) mass is 214 g/mol. The third kappa shape index (κ3) is 6.15. The van der Waals surface area contributed by atoms with Crippen LogP contribution in [0.3, 0.4) is 0 Å². The standard InChI is InChI=1S/C6H15O6P/c1-4-10-13(9,11-5(2)7)12-6(3)8/h5-8H,4H2,1-3H3. The summed E-state index contributed by atoms with van der Waals surface area (Å²) < 4.78 is 25.1. The predicted octanol–water partition coefficient (Wildman–Crippen LogP) is 0.841. The lowest BCUT2D eigenvalue weighted by atomic mass is 10.8. The molecule has 7 heteroatoms. The Morgan fingerprint density at radius 1 is 1.23 bits per heavy atom. The summed E-state index contributed by atoms with van der Waals surface area (Å²) in [5, 5.41) is 17.6. The molecular formula is C6H15O6P. The molecule has 2 N–H and O–H groups in total. The largest absolute Gasteiger partial charge is 0.479 e. The van der Waals surface area contributed by atoms with Crippen LogP contribution in [0.2, 0.25) is 0 Å². The van der Waals surface area contributed by atoms with Gasteiger partial charge in [-0.1, -0.05) is 0 Å². The van der Waals surface area contributed by atoms with Gasteiger partial charge in [0.05, 0.1) is 6.61 Å². The summed E-state index contributed by atoms with van der Waals surface area (Å²) in [6.45, 7) is 4.20. The predicted molar refractivity (Wildman–Crippen MR) is 44.8 cm³/mol. The van der Waals surface area contributed by atoms with Gasteiger partial charge in [-0.25, -0.2) is 4.57 Å². The normalized spacial score (nSPS) is 20.7. The van der Waals surface area contributed by atoms with Crippen LogP contribution in [-0.2, 0) is 18.1 Å². The molecule has 0 radical (unpaired) electrons. The van der Waals surface area contributed by atoms with Crippen molar-refractivity contribution < 1.29 is 28.3 Å². The molecule has 0 aromatic rings. The average Bonchev–Trinajstić information content (AvgIpc) is 1.81. The van der Waals surface area contributed by atoms with Crippen LogP contribution < -0.4 is 0 Å². The summed E-state index contributed by atoms with van der Waals surface area (Å²) in [6, 6.07) is 0. The van der Waals surface area contributed by atoms with E-state index in [1.54, 1.807) is 6.92 Å². The number of hydrogen-bond donors (Lipinski definition) is 2. The van der Waals surface area contributed by atoms with Crippen molar-refractivity contribution in [1.29, 1.82) is 0 Å². The van der Waals surface area contributed by atoms with Gasteiger partial charge in [0.25, 0.3) is 0 Å². The molecule has 0 aromatic carbocycles. The molecule has 0 saturated carbocycles. The number of aliphatic hydroxyl groups is 2. The molecule has 0 saturated heterocycles. The average molecular weight is 214 g/mol. The molecule has 0 rings (SSSR count). The number of rotatable bonds is 6. The zero-order valence-corrected chi connectivity index (χ0v) is 8.73. The van der Waals surface area contributed by atoms with E-state index in [1.165, 1.54) is 13.8 Å². The Hall–Kier alpha value is 0.0300. The molecule has 0 fully saturated rings. The van der Waals surface area contributed by atoms with Gasteiger partial charge < -0.3 is 10.2 Å². The number of hydrogen-bond acceptors (Lipinski definition) is 6. The Kier molecular flexibility index (Phi) is 5.71. The number of phosphoric ester groups is 1. The molecule has 0 amide bonds. The molecule has 6 nitrogen and oxygen atoms in total. The van der Waals surface area contributed by atoms with Gasteiger partial charge >= 0.3 is 7.82 Å². The van der Waals surface area contributed by atoms with E-state index in [1.807, 2.05) is 0 Å². The highest BCUT2D eigenvalue weighted by atomic mass is 31.2. The first-order chi connectivity index (χ1) is 5.89. The second-order valence-electron chi connectivity index (χ2n) is 2.27. The van der Waals surface area contributed by atoms with Crippen LogP contribution in [0.25, 0.3) is 0 Å². The summed E-state index contributed by atoms with van der Waals surface area (Å²) in [7, 11) is -3.83. The Labute approximate surface area is 77.0 Å². The molecule has 0 spiro atoms. The maximum atomic E-state index is 11.4. The van der Waals surface area contributed by atoms with Crippen LogP contribution in [0.1, 0.15) is 20.8 Å². The van der Waals surface area contributed by atoms with Crippen molar-refractivity contribution >= 4 is 7.82 Å². The fraction of sp³-hybridized carbons (Fsp3) is 1.00. The van der Waals surface area contributed by atoms with Crippen molar-refractivity contribution in [3.05, 3.63) is 0 Å². The summed E-state index contributed by atoms with van der Waals surface area (Å²) >= 11 is 0. The minimum absolute atomic E-state index is 0.0940.